The number of aromatic nitrogens is 1. The molecule has 0 radical (unpaired) electrons. The standard InChI is InChI=1S/C19H16ClNO/c1-12(2)13-7-9-14(10-8-13)18-11-16(19(20)22)15-5-3-4-6-17(15)21-18/h3-12H,1-2H3. The first-order valence-electron chi connectivity index (χ1n) is 7.26. The van der Waals surface area contributed by atoms with Gasteiger partial charge in [-0.25, -0.2) is 4.98 Å². The molecular weight excluding hydrogens is 294 g/mol. The second-order valence-corrected chi connectivity index (χ2v) is 5.97. The van der Waals surface area contributed by atoms with E-state index >= 15 is 0 Å². The van der Waals surface area contributed by atoms with Crippen LogP contribution in [0, 0.1) is 0 Å². The summed E-state index contributed by atoms with van der Waals surface area (Å²) < 4.78 is 0. The van der Waals surface area contributed by atoms with E-state index in [9.17, 15) is 4.79 Å². The van der Waals surface area contributed by atoms with Crippen molar-refractivity contribution in [1.82, 2.24) is 4.98 Å². The number of hydrogen-bond acceptors (Lipinski definition) is 2. The van der Waals surface area contributed by atoms with Gasteiger partial charge in [0.05, 0.1) is 11.2 Å². The molecule has 3 rings (SSSR count). The van der Waals surface area contributed by atoms with E-state index in [0.29, 0.717) is 11.5 Å². The Balaban J connectivity index is 2.16. The van der Waals surface area contributed by atoms with Crippen LogP contribution in [-0.4, -0.2) is 10.2 Å². The van der Waals surface area contributed by atoms with Gasteiger partial charge in [0.15, 0.2) is 0 Å². The Kier molecular flexibility index (Phi) is 3.95. The van der Waals surface area contributed by atoms with Crippen LogP contribution in [0.3, 0.4) is 0 Å². The van der Waals surface area contributed by atoms with Crippen LogP contribution in [-0.2, 0) is 0 Å². The predicted octanol–water partition coefficient (Wildman–Crippen LogP) is 5.40. The van der Waals surface area contributed by atoms with Gasteiger partial charge in [0, 0.05) is 16.5 Å². The van der Waals surface area contributed by atoms with Crippen molar-refractivity contribution in [3.05, 3.63) is 65.7 Å². The average Bonchev–Trinajstić information content (AvgIpc) is 2.53. The van der Waals surface area contributed by atoms with Gasteiger partial charge < -0.3 is 0 Å². The minimum Gasteiger partial charge on any atom is -0.276 e. The van der Waals surface area contributed by atoms with Gasteiger partial charge in [0.1, 0.15) is 0 Å². The van der Waals surface area contributed by atoms with Gasteiger partial charge >= 0.3 is 0 Å². The first kappa shape index (κ1) is 14.7. The maximum Gasteiger partial charge on any atom is 0.253 e. The number of rotatable bonds is 3. The molecule has 0 saturated carbocycles. The molecule has 22 heavy (non-hydrogen) atoms. The van der Waals surface area contributed by atoms with E-state index in [1.165, 1.54) is 5.56 Å². The molecule has 0 saturated heterocycles. The Morgan fingerprint density at radius 2 is 1.73 bits per heavy atom. The third-order valence-corrected chi connectivity index (χ3v) is 4.00. The third kappa shape index (κ3) is 2.75. The maximum atomic E-state index is 11.7. The monoisotopic (exact) mass is 309 g/mol. The highest BCUT2D eigenvalue weighted by Gasteiger charge is 2.12. The zero-order chi connectivity index (χ0) is 15.7. The molecule has 1 heterocycles. The molecule has 2 nitrogen and oxygen atoms in total. The van der Waals surface area contributed by atoms with Crippen LogP contribution < -0.4 is 0 Å². The number of carbonyl (C=O) groups is 1. The topological polar surface area (TPSA) is 30.0 Å². The smallest absolute Gasteiger partial charge is 0.253 e. The summed E-state index contributed by atoms with van der Waals surface area (Å²) in [5.41, 5.74) is 4.29. The zero-order valence-corrected chi connectivity index (χ0v) is 13.3. The number of benzene rings is 2. The van der Waals surface area contributed by atoms with E-state index in [4.69, 9.17) is 11.6 Å². The number of carbonyl (C=O) groups excluding carboxylic acids is 1. The van der Waals surface area contributed by atoms with Crippen molar-refractivity contribution in [1.29, 1.82) is 0 Å². The van der Waals surface area contributed by atoms with Crippen LogP contribution in [0.4, 0.5) is 0 Å². The van der Waals surface area contributed by atoms with Crippen LogP contribution in [0.15, 0.2) is 54.6 Å². The molecule has 2 aromatic carbocycles. The normalized spacial score (nSPS) is 11.1. The summed E-state index contributed by atoms with van der Waals surface area (Å²) in [6.45, 7) is 4.32. The van der Waals surface area contributed by atoms with Gasteiger partial charge in [-0.05, 0) is 35.2 Å². The van der Waals surface area contributed by atoms with Crippen LogP contribution in [0.25, 0.3) is 22.2 Å². The van der Waals surface area contributed by atoms with E-state index in [0.717, 1.165) is 22.2 Å². The zero-order valence-electron chi connectivity index (χ0n) is 12.5. The van der Waals surface area contributed by atoms with Gasteiger partial charge in [-0.1, -0.05) is 56.3 Å². The second kappa shape index (κ2) is 5.90. The first-order chi connectivity index (χ1) is 10.6. The predicted molar refractivity (Wildman–Crippen MR) is 91.5 cm³/mol. The van der Waals surface area contributed by atoms with E-state index < -0.39 is 5.24 Å². The lowest BCUT2D eigenvalue weighted by Gasteiger charge is -2.09. The Bertz CT molecular complexity index is 838. The summed E-state index contributed by atoms with van der Waals surface area (Å²) >= 11 is 5.74. The Morgan fingerprint density at radius 1 is 1.05 bits per heavy atom. The Morgan fingerprint density at radius 3 is 2.36 bits per heavy atom. The van der Waals surface area contributed by atoms with Crippen molar-refractivity contribution in [2.75, 3.05) is 0 Å². The highest BCUT2D eigenvalue weighted by atomic mass is 35.5. The fraction of sp³-hybridized carbons (Fsp3) is 0.158. The summed E-state index contributed by atoms with van der Waals surface area (Å²) in [5.74, 6) is 0.485. The molecule has 0 atom stereocenters. The van der Waals surface area contributed by atoms with Gasteiger partial charge in [-0.3, -0.25) is 4.79 Å². The molecule has 0 aliphatic heterocycles. The summed E-state index contributed by atoms with van der Waals surface area (Å²) in [6.07, 6.45) is 0. The lowest BCUT2D eigenvalue weighted by atomic mass is 9.99. The summed E-state index contributed by atoms with van der Waals surface area (Å²) in [6, 6.07) is 17.6. The Labute approximate surface area is 134 Å². The van der Waals surface area contributed by atoms with E-state index in [1.54, 1.807) is 6.07 Å². The van der Waals surface area contributed by atoms with Crippen molar-refractivity contribution in [3.8, 4) is 11.3 Å². The van der Waals surface area contributed by atoms with E-state index in [-0.39, 0.29) is 0 Å². The quantitative estimate of drug-likeness (QED) is 0.606. The van der Waals surface area contributed by atoms with Gasteiger partial charge in [0.25, 0.3) is 5.24 Å². The number of pyridine rings is 1. The number of para-hydroxylation sites is 1. The molecule has 0 aliphatic rings. The molecule has 3 heteroatoms. The second-order valence-electron chi connectivity index (χ2n) is 5.62. The molecular formula is C19H16ClNO. The average molecular weight is 310 g/mol. The summed E-state index contributed by atoms with van der Waals surface area (Å²) in [5, 5.41) is 0.323. The minimum atomic E-state index is -0.460. The summed E-state index contributed by atoms with van der Waals surface area (Å²) in [4.78, 5) is 16.4. The molecule has 0 bridgehead atoms. The highest BCUT2D eigenvalue weighted by molar-refractivity contribution is 6.68. The van der Waals surface area contributed by atoms with Crippen LogP contribution >= 0.6 is 11.6 Å². The number of halogens is 1. The molecule has 3 aromatic rings. The fourth-order valence-corrected chi connectivity index (χ4v) is 2.68. The number of nitrogens with zero attached hydrogens (tertiary/aromatic N) is 1. The molecule has 110 valence electrons. The van der Waals surface area contributed by atoms with Gasteiger partial charge in [-0.2, -0.15) is 0 Å². The molecule has 0 fully saturated rings. The minimum absolute atomic E-state index is 0.460. The lowest BCUT2D eigenvalue weighted by Crippen LogP contribution is -1.96. The molecule has 0 aliphatic carbocycles. The maximum absolute atomic E-state index is 11.7. The fourth-order valence-electron chi connectivity index (χ4n) is 2.52. The highest BCUT2D eigenvalue weighted by Crippen LogP contribution is 2.27. The first-order valence-corrected chi connectivity index (χ1v) is 7.64. The SMILES string of the molecule is CC(C)c1ccc(-c2cc(C(=O)Cl)c3ccccc3n2)cc1. The molecule has 0 unspecified atom stereocenters. The van der Waals surface area contributed by atoms with Crippen molar-refractivity contribution in [2.45, 2.75) is 19.8 Å². The van der Waals surface area contributed by atoms with E-state index in [1.807, 2.05) is 36.4 Å². The largest absolute Gasteiger partial charge is 0.276 e. The molecule has 0 spiro atoms. The van der Waals surface area contributed by atoms with Crippen molar-refractivity contribution < 1.29 is 4.79 Å². The van der Waals surface area contributed by atoms with Crippen LogP contribution in [0.1, 0.15) is 35.7 Å². The van der Waals surface area contributed by atoms with E-state index in [2.05, 4.69) is 31.0 Å². The van der Waals surface area contributed by atoms with Crippen molar-refractivity contribution in [3.63, 3.8) is 0 Å². The third-order valence-electron chi connectivity index (χ3n) is 3.80. The lowest BCUT2D eigenvalue weighted by molar-refractivity contribution is 0.108. The van der Waals surface area contributed by atoms with Crippen LogP contribution in [0.5, 0.6) is 0 Å². The van der Waals surface area contributed by atoms with Crippen molar-refractivity contribution >= 4 is 27.7 Å². The van der Waals surface area contributed by atoms with Gasteiger partial charge in [0.2, 0.25) is 0 Å². The van der Waals surface area contributed by atoms with Gasteiger partial charge in [-0.15, -0.1) is 0 Å². The van der Waals surface area contributed by atoms with Crippen molar-refractivity contribution in [2.24, 2.45) is 0 Å². The van der Waals surface area contributed by atoms with Crippen LogP contribution in [0.2, 0.25) is 0 Å². The molecule has 0 N–H and O–H groups in total. The molecule has 0 amide bonds. The Hall–Kier alpha value is -2.19. The molecule has 1 aromatic heterocycles. The number of fused-ring (bicyclic) bond motifs is 1. The summed E-state index contributed by atoms with van der Waals surface area (Å²) in [7, 11) is 0. The number of hydrogen-bond donors (Lipinski definition) is 0.